The first-order chi connectivity index (χ1) is 17.4. The molecular weight excluding hydrogens is 459 g/mol. The number of rotatable bonds is 7. The van der Waals surface area contributed by atoms with Crippen LogP contribution in [-0.4, -0.2) is 28.0 Å². The fourth-order valence-electron chi connectivity index (χ4n) is 3.87. The molecule has 180 valence electrons. The van der Waals surface area contributed by atoms with E-state index in [0.29, 0.717) is 17.9 Å². The smallest absolute Gasteiger partial charge is 0.331 e. The van der Waals surface area contributed by atoms with Gasteiger partial charge in [-0.15, -0.1) is 0 Å². The Morgan fingerprint density at radius 2 is 1.89 bits per heavy atom. The molecule has 0 spiro atoms. The molecule has 0 fully saturated rings. The van der Waals surface area contributed by atoms with Crippen LogP contribution >= 0.6 is 0 Å². The molecule has 0 aliphatic heterocycles. The van der Waals surface area contributed by atoms with E-state index < -0.39 is 18.5 Å². The van der Waals surface area contributed by atoms with Gasteiger partial charge < -0.3 is 14.6 Å². The summed E-state index contributed by atoms with van der Waals surface area (Å²) in [5.41, 5.74) is 4.12. The maximum atomic E-state index is 13.3. The second kappa shape index (κ2) is 10.7. The summed E-state index contributed by atoms with van der Waals surface area (Å²) in [5.74, 6) is -1.32. The van der Waals surface area contributed by atoms with E-state index in [-0.39, 0.29) is 5.82 Å². The third-order valence-electron chi connectivity index (χ3n) is 5.86. The molecule has 0 aliphatic rings. The van der Waals surface area contributed by atoms with E-state index in [2.05, 4.69) is 16.4 Å². The quantitative estimate of drug-likeness (QED) is 0.298. The second-order valence-electron chi connectivity index (χ2n) is 8.17. The van der Waals surface area contributed by atoms with Crippen LogP contribution in [0.3, 0.4) is 0 Å². The zero-order chi connectivity index (χ0) is 25.7. The predicted octanol–water partition coefficient (Wildman–Crippen LogP) is 4.91. The number of amides is 1. The van der Waals surface area contributed by atoms with Gasteiger partial charge in [0, 0.05) is 35.5 Å². The number of carbonyl (C=O) groups is 2. The van der Waals surface area contributed by atoms with Crippen molar-refractivity contribution in [3.05, 3.63) is 101 Å². The minimum absolute atomic E-state index is 0.301. The Hall–Kier alpha value is -4.77. The van der Waals surface area contributed by atoms with Gasteiger partial charge in [-0.05, 0) is 49.2 Å². The highest BCUT2D eigenvalue weighted by Gasteiger charge is 2.20. The topological polar surface area (TPSA) is 97.0 Å². The number of pyridine rings is 1. The van der Waals surface area contributed by atoms with Crippen molar-refractivity contribution in [2.75, 3.05) is 11.9 Å². The molecule has 0 unspecified atom stereocenters. The summed E-state index contributed by atoms with van der Waals surface area (Å²) in [5, 5.41) is 13.3. The van der Waals surface area contributed by atoms with E-state index in [1.807, 2.05) is 37.3 Å². The molecule has 8 heteroatoms. The highest BCUT2D eigenvalue weighted by Crippen LogP contribution is 2.27. The second-order valence-corrected chi connectivity index (χ2v) is 8.17. The minimum Gasteiger partial charge on any atom is -0.452 e. The van der Waals surface area contributed by atoms with Gasteiger partial charge in [-0.25, -0.2) is 9.18 Å². The zero-order valence-corrected chi connectivity index (χ0v) is 19.8. The molecule has 0 bridgehead atoms. The van der Waals surface area contributed by atoms with Gasteiger partial charge in [-0.1, -0.05) is 36.4 Å². The van der Waals surface area contributed by atoms with Crippen LogP contribution in [-0.2, 0) is 20.9 Å². The van der Waals surface area contributed by atoms with Crippen molar-refractivity contribution in [3.8, 4) is 6.07 Å². The number of halogens is 1. The summed E-state index contributed by atoms with van der Waals surface area (Å²) in [6.45, 7) is 3.42. The fraction of sp³-hybridized carbons (Fsp3) is 0.143. The number of anilines is 1. The van der Waals surface area contributed by atoms with Crippen molar-refractivity contribution in [1.29, 1.82) is 5.26 Å². The largest absolute Gasteiger partial charge is 0.452 e. The number of aromatic nitrogens is 2. The monoisotopic (exact) mass is 482 g/mol. The molecule has 36 heavy (non-hydrogen) atoms. The van der Waals surface area contributed by atoms with Crippen LogP contribution in [0.5, 0.6) is 0 Å². The Morgan fingerprint density at radius 3 is 2.64 bits per heavy atom. The molecule has 4 aromatic rings. The van der Waals surface area contributed by atoms with Crippen molar-refractivity contribution < 1.29 is 18.7 Å². The van der Waals surface area contributed by atoms with E-state index in [9.17, 15) is 19.2 Å². The number of benzene rings is 2. The molecule has 0 atom stereocenters. The van der Waals surface area contributed by atoms with Gasteiger partial charge >= 0.3 is 5.97 Å². The summed E-state index contributed by atoms with van der Waals surface area (Å²) >= 11 is 0. The lowest BCUT2D eigenvalue weighted by Gasteiger charge is -2.13. The van der Waals surface area contributed by atoms with Crippen molar-refractivity contribution in [2.45, 2.75) is 20.4 Å². The Morgan fingerprint density at radius 1 is 1.14 bits per heavy atom. The average molecular weight is 483 g/mol. The molecule has 2 aromatic carbocycles. The third kappa shape index (κ3) is 5.31. The normalized spacial score (nSPS) is 10.9. The lowest BCUT2D eigenvalue weighted by Crippen LogP contribution is -2.22. The Labute approximate surface area is 207 Å². The van der Waals surface area contributed by atoms with Crippen LogP contribution in [0.25, 0.3) is 17.0 Å². The first-order valence-corrected chi connectivity index (χ1v) is 11.2. The van der Waals surface area contributed by atoms with Crippen molar-refractivity contribution in [1.82, 2.24) is 9.55 Å². The molecule has 7 nitrogen and oxygen atoms in total. The fourth-order valence-corrected chi connectivity index (χ4v) is 3.87. The number of fused-ring (bicyclic) bond motifs is 1. The zero-order valence-electron chi connectivity index (χ0n) is 19.8. The van der Waals surface area contributed by atoms with Gasteiger partial charge in [0.2, 0.25) is 0 Å². The van der Waals surface area contributed by atoms with Crippen LogP contribution in [0.2, 0.25) is 0 Å². The van der Waals surface area contributed by atoms with Crippen LogP contribution in [0.1, 0.15) is 27.9 Å². The molecule has 1 N–H and O–H groups in total. The van der Waals surface area contributed by atoms with Gasteiger partial charge in [-0.3, -0.25) is 9.78 Å². The highest BCUT2D eigenvalue weighted by atomic mass is 19.1. The molecule has 4 rings (SSSR count). The third-order valence-corrected chi connectivity index (χ3v) is 5.86. The van der Waals surface area contributed by atoms with E-state index in [1.54, 1.807) is 35.9 Å². The van der Waals surface area contributed by atoms with E-state index in [4.69, 9.17) is 4.74 Å². The minimum atomic E-state index is -0.687. The van der Waals surface area contributed by atoms with Gasteiger partial charge in [0.25, 0.3) is 5.91 Å². The van der Waals surface area contributed by atoms with E-state index >= 15 is 0 Å². The number of hydrogen-bond acceptors (Lipinski definition) is 5. The first kappa shape index (κ1) is 24.4. The number of nitrogens with zero attached hydrogens (tertiary/aromatic N) is 3. The van der Waals surface area contributed by atoms with Gasteiger partial charge in [0.05, 0.1) is 11.1 Å². The van der Waals surface area contributed by atoms with Gasteiger partial charge in [-0.2, -0.15) is 5.26 Å². The number of hydrogen-bond donors (Lipinski definition) is 1. The lowest BCUT2D eigenvalue weighted by molar-refractivity contribution is -0.142. The summed E-state index contributed by atoms with van der Waals surface area (Å²) in [7, 11) is 0. The van der Waals surface area contributed by atoms with Crippen LogP contribution < -0.4 is 5.32 Å². The van der Waals surface area contributed by atoms with Gasteiger partial charge in [0.15, 0.2) is 6.61 Å². The number of esters is 1. The molecule has 0 saturated carbocycles. The molecule has 0 radical (unpaired) electrons. The molecular formula is C28H23FN4O3. The van der Waals surface area contributed by atoms with E-state index in [0.717, 1.165) is 33.3 Å². The molecule has 0 saturated heterocycles. The van der Waals surface area contributed by atoms with Crippen molar-refractivity contribution in [3.63, 3.8) is 0 Å². The van der Waals surface area contributed by atoms with E-state index in [1.165, 1.54) is 18.2 Å². The van der Waals surface area contributed by atoms with Crippen molar-refractivity contribution >= 4 is 34.7 Å². The number of carbonyl (C=O) groups excluding carboxylic acids is 2. The number of nitriles is 1. The summed E-state index contributed by atoms with van der Waals surface area (Å²) in [6, 6.07) is 17.5. The highest BCUT2D eigenvalue weighted by molar-refractivity contribution is 5.96. The Kier molecular flexibility index (Phi) is 7.21. The maximum Gasteiger partial charge on any atom is 0.331 e. The van der Waals surface area contributed by atoms with Crippen LogP contribution in [0, 0.1) is 31.0 Å². The predicted molar refractivity (Wildman–Crippen MR) is 134 cm³/mol. The maximum absolute atomic E-state index is 13.3. The number of para-hydroxylation sites is 1. The van der Waals surface area contributed by atoms with Gasteiger partial charge in [0.1, 0.15) is 17.7 Å². The number of ether oxygens (including phenoxy) is 1. The van der Waals surface area contributed by atoms with Crippen molar-refractivity contribution in [2.24, 2.45) is 0 Å². The summed E-state index contributed by atoms with van der Waals surface area (Å²) < 4.78 is 20.2. The molecule has 1 amide bonds. The molecule has 0 aliphatic carbocycles. The SMILES string of the molecule is Cc1c(C#N)c(NC(=O)COC(=O)/C=C/c2cccc3cccnc23)n(Cc2ccc(F)cc2)c1C. The lowest BCUT2D eigenvalue weighted by atomic mass is 10.1. The first-order valence-electron chi connectivity index (χ1n) is 11.2. The molecule has 2 aromatic heterocycles. The number of nitrogens with one attached hydrogen (secondary N) is 1. The summed E-state index contributed by atoms with van der Waals surface area (Å²) in [4.78, 5) is 29.2. The Bertz CT molecular complexity index is 1510. The van der Waals surface area contributed by atoms with Crippen LogP contribution in [0.4, 0.5) is 10.2 Å². The standard InChI is InChI=1S/C28H23FN4O3/c1-18-19(2)33(16-20-8-11-23(29)12-9-20)28(24(18)15-30)32-25(34)17-36-26(35)13-10-22-6-3-5-21-7-4-14-31-27(21)22/h3-14H,16-17H2,1-2H3,(H,32,34)/b13-10+. The molecule has 2 heterocycles. The Balaban J connectivity index is 1.44. The summed E-state index contributed by atoms with van der Waals surface area (Å²) in [6.07, 6.45) is 4.50. The average Bonchev–Trinajstić information content (AvgIpc) is 3.10. The van der Waals surface area contributed by atoms with Crippen LogP contribution in [0.15, 0.2) is 66.9 Å².